The van der Waals surface area contributed by atoms with Gasteiger partial charge in [-0.25, -0.2) is 4.39 Å². The minimum Gasteiger partial charge on any atom is -0.350 e. The second-order valence-electron chi connectivity index (χ2n) is 6.50. The summed E-state index contributed by atoms with van der Waals surface area (Å²) in [6, 6.07) is 19.3. The molecule has 0 saturated heterocycles. The van der Waals surface area contributed by atoms with Gasteiger partial charge in [0.15, 0.2) is 0 Å². The zero-order valence-corrected chi connectivity index (χ0v) is 14.7. The standard InChI is InChI=1S/C21H20ClFN2/c22-18-8-3-7-16(14-18)21-20-10-4-11-24(20)12-5-13-25(21)15-17-6-1-2-9-19(17)23/h1-4,6-11,14,21H,5,12-13,15H2/t21-/m1/s1. The van der Waals surface area contributed by atoms with Crippen LogP contribution in [0.25, 0.3) is 0 Å². The molecule has 25 heavy (non-hydrogen) atoms. The topological polar surface area (TPSA) is 8.17 Å². The van der Waals surface area contributed by atoms with E-state index in [9.17, 15) is 4.39 Å². The summed E-state index contributed by atoms with van der Waals surface area (Å²) >= 11 is 6.25. The van der Waals surface area contributed by atoms with E-state index in [4.69, 9.17) is 11.6 Å². The summed E-state index contributed by atoms with van der Waals surface area (Å²) in [6.45, 7) is 2.47. The van der Waals surface area contributed by atoms with Crippen LogP contribution in [0.2, 0.25) is 5.02 Å². The molecule has 3 aromatic rings. The molecule has 2 heterocycles. The number of hydrogen-bond acceptors (Lipinski definition) is 1. The molecule has 0 spiro atoms. The monoisotopic (exact) mass is 354 g/mol. The van der Waals surface area contributed by atoms with Gasteiger partial charge in [-0.2, -0.15) is 0 Å². The lowest BCUT2D eigenvalue weighted by atomic mass is 10.0. The molecule has 4 heteroatoms. The van der Waals surface area contributed by atoms with Gasteiger partial charge >= 0.3 is 0 Å². The van der Waals surface area contributed by atoms with E-state index in [0.29, 0.717) is 6.54 Å². The fourth-order valence-corrected chi connectivity index (χ4v) is 3.91. The Morgan fingerprint density at radius 3 is 2.72 bits per heavy atom. The van der Waals surface area contributed by atoms with Crippen molar-refractivity contribution in [1.82, 2.24) is 9.47 Å². The van der Waals surface area contributed by atoms with Gasteiger partial charge in [0.05, 0.1) is 6.04 Å². The molecular formula is C21H20ClFN2. The average molecular weight is 355 g/mol. The van der Waals surface area contributed by atoms with Crippen molar-refractivity contribution in [1.29, 1.82) is 0 Å². The molecule has 0 aliphatic carbocycles. The molecule has 0 bridgehead atoms. The van der Waals surface area contributed by atoms with Gasteiger partial charge in [-0.3, -0.25) is 4.90 Å². The molecular weight excluding hydrogens is 335 g/mol. The number of halogens is 2. The van der Waals surface area contributed by atoms with E-state index >= 15 is 0 Å². The van der Waals surface area contributed by atoms with Crippen molar-refractivity contribution in [3.63, 3.8) is 0 Å². The van der Waals surface area contributed by atoms with Crippen molar-refractivity contribution in [2.75, 3.05) is 6.54 Å². The summed E-state index contributed by atoms with van der Waals surface area (Å²) in [7, 11) is 0. The van der Waals surface area contributed by atoms with Crippen LogP contribution in [0.3, 0.4) is 0 Å². The fraction of sp³-hybridized carbons (Fsp3) is 0.238. The number of aryl methyl sites for hydroxylation is 1. The molecule has 1 aromatic heterocycles. The Morgan fingerprint density at radius 2 is 1.88 bits per heavy atom. The lowest BCUT2D eigenvalue weighted by Crippen LogP contribution is -2.29. The first-order valence-electron chi connectivity index (χ1n) is 8.60. The molecule has 4 rings (SSSR count). The van der Waals surface area contributed by atoms with E-state index in [-0.39, 0.29) is 11.9 Å². The fourth-order valence-electron chi connectivity index (χ4n) is 3.71. The SMILES string of the molecule is Fc1ccccc1CN1CCCn2cccc2[C@H]1c1cccc(Cl)c1. The van der Waals surface area contributed by atoms with Gasteiger partial charge in [0, 0.05) is 42.1 Å². The molecule has 0 fully saturated rings. The Hall–Kier alpha value is -2.10. The summed E-state index contributed by atoms with van der Waals surface area (Å²) in [4.78, 5) is 2.35. The maximum absolute atomic E-state index is 14.2. The zero-order chi connectivity index (χ0) is 17.2. The van der Waals surface area contributed by atoms with E-state index in [0.717, 1.165) is 35.7 Å². The van der Waals surface area contributed by atoms with Gasteiger partial charge in [-0.05, 0) is 42.3 Å². The summed E-state index contributed by atoms with van der Waals surface area (Å²) in [6.07, 6.45) is 3.16. The smallest absolute Gasteiger partial charge is 0.127 e. The second-order valence-corrected chi connectivity index (χ2v) is 6.94. The Kier molecular flexibility index (Phi) is 4.60. The molecule has 0 unspecified atom stereocenters. The highest BCUT2D eigenvalue weighted by Gasteiger charge is 2.28. The predicted octanol–water partition coefficient (Wildman–Crippen LogP) is 5.28. The first-order valence-corrected chi connectivity index (χ1v) is 8.98. The van der Waals surface area contributed by atoms with Crippen LogP contribution in [0, 0.1) is 5.82 Å². The number of rotatable bonds is 3. The van der Waals surface area contributed by atoms with Gasteiger partial charge in [0.1, 0.15) is 5.82 Å². The van der Waals surface area contributed by atoms with Crippen molar-refractivity contribution in [3.8, 4) is 0 Å². The van der Waals surface area contributed by atoms with Crippen molar-refractivity contribution in [3.05, 3.63) is 94.5 Å². The van der Waals surface area contributed by atoms with Gasteiger partial charge < -0.3 is 4.57 Å². The Balaban J connectivity index is 1.77. The van der Waals surface area contributed by atoms with E-state index in [1.807, 2.05) is 30.3 Å². The highest BCUT2D eigenvalue weighted by Crippen LogP contribution is 2.34. The third kappa shape index (κ3) is 3.35. The van der Waals surface area contributed by atoms with Gasteiger partial charge in [-0.1, -0.05) is 41.9 Å². The normalized spacial score (nSPS) is 17.9. The maximum Gasteiger partial charge on any atom is 0.127 e. The highest BCUT2D eigenvalue weighted by molar-refractivity contribution is 6.30. The van der Waals surface area contributed by atoms with Crippen molar-refractivity contribution in [2.45, 2.75) is 25.6 Å². The Labute approximate surface area is 152 Å². The van der Waals surface area contributed by atoms with Crippen molar-refractivity contribution < 1.29 is 4.39 Å². The molecule has 0 N–H and O–H groups in total. The second kappa shape index (κ2) is 7.03. The lowest BCUT2D eigenvalue weighted by molar-refractivity contribution is 0.217. The molecule has 128 valence electrons. The summed E-state index contributed by atoms with van der Waals surface area (Å²) in [5, 5.41) is 0.727. The third-order valence-electron chi connectivity index (χ3n) is 4.85. The van der Waals surface area contributed by atoms with Crippen molar-refractivity contribution in [2.24, 2.45) is 0 Å². The largest absolute Gasteiger partial charge is 0.350 e. The lowest BCUT2D eigenvalue weighted by Gasteiger charge is -2.31. The van der Waals surface area contributed by atoms with E-state index in [2.05, 4.69) is 33.9 Å². The summed E-state index contributed by atoms with van der Waals surface area (Å²) in [5.74, 6) is -0.146. The van der Waals surface area contributed by atoms with Crippen LogP contribution in [0.15, 0.2) is 66.9 Å². The quantitative estimate of drug-likeness (QED) is 0.621. The molecule has 2 aromatic carbocycles. The Bertz CT molecular complexity index is 874. The third-order valence-corrected chi connectivity index (χ3v) is 5.09. The van der Waals surface area contributed by atoms with E-state index in [1.165, 1.54) is 11.8 Å². The van der Waals surface area contributed by atoms with E-state index in [1.54, 1.807) is 6.07 Å². The molecule has 1 aliphatic rings. The number of aromatic nitrogens is 1. The van der Waals surface area contributed by atoms with Gasteiger partial charge in [0.25, 0.3) is 0 Å². The Morgan fingerprint density at radius 1 is 1.00 bits per heavy atom. The predicted molar refractivity (Wildman–Crippen MR) is 99.2 cm³/mol. The number of fused-ring (bicyclic) bond motifs is 1. The van der Waals surface area contributed by atoms with E-state index < -0.39 is 0 Å². The van der Waals surface area contributed by atoms with Crippen LogP contribution in [0.4, 0.5) is 4.39 Å². The van der Waals surface area contributed by atoms with Crippen LogP contribution < -0.4 is 0 Å². The number of benzene rings is 2. The molecule has 0 radical (unpaired) electrons. The van der Waals surface area contributed by atoms with Gasteiger partial charge in [-0.15, -0.1) is 0 Å². The maximum atomic E-state index is 14.2. The first-order chi connectivity index (χ1) is 12.2. The first kappa shape index (κ1) is 16.4. The van der Waals surface area contributed by atoms with Crippen molar-refractivity contribution >= 4 is 11.6 Å². The summed E-state index contributed by atoms with van der Waals surface area (Å²) in [5.41, 5.74) is 3.11. The molecule has 0 amide bonds. The molecule has 0 saturated carbocycles. The van der Waals surface area contributed by atoms with Crippen LogP contribution in [-0.2, 0) is 13.1 Å². The van der Waals surface area contributed by atoms with Crippen LogP contribution in [0.1, 0.15) is 29.3 Å². The zero-order valence-electron chi connectivity index (χ0n) is 13.9. The van der Waals surface area contributed by atoms with Crippen LogP contribution in [0.5, 0.6) is 0 Å². The van der Waals surface area contributed by atoms with Crippen LogP contribution in [-0.4, -0.2) is 16.0 Å². The van der Waals surface area contributed by atoms with Crippen LogP contribution >= 0.6 is 11.6 Å². The molecule has 1 aliphatic heterocycles. The minimum atomic E-state index is -0.146. The highest BCUT2D eigenvalue weighted by atomic mass is 35.5. The molecule has 1 atom stereocenters. The number of nitrogens with zero attached hydrogens (tertiary/aromatic N) is 2. The minimum absolute atomic E-state index is 0.0656. The number of hydrogen-bond donors (Lipinski definition) is 0. The van der Waals surface area contributed by atoms with Gasteiger partial charge in [0.2, 0.25) is 0 Å². The average Bonchev–Trinajstić information content (AvgIpc) is 2.98. The summed E-state index contributed by atoms with van der Waals surface area (Å²) < 4.78 is 16.5. The molecule has 2 nitrogen and oxygen atoms in total.